The van der Waals surface area contributed by atoms with E-state index >= 15 is 0 Å². The van der Waals surface area contributed by atoms with Crippen LogP contribution in [0.4, 0.5) is 0 Å². The first-order valence-electron chi connectivity index (χ1n) is 5.13. The molecule has 0 saturated heterocycles. The maximum atomic E-state index is 11.7. The fourth-order valence-corrected chi connectivity index (χ4v) is 1.70. The number of benzene rings is 1. The molecule has 0 aliphatic rings. The van der Waals surface area contributed by atoms with Gasteiger partial charge >= 0.3 is 0 Å². The molecule has 1 heterocycles. The molecule has 1 unspecified atom stereocenters. The number of rotatable bonds is 3. The van der Waals surface area contributed by atoms with Gasteiger partial charge in [0.1, 0.15) is 6.26 Å². The van der Waals surface area contributed by atoms with Crippen LogP contribution in [0.15, 0.2) is 45.6 Å². The van der Waals surface area contributed by atoms with E-state index in [0.717, 1.165) is 10.0 Å². The van der Waals surface area contributed by atoms with Crippen LogP contribution in [-0.2, 0) is 0 Å². The summed E-state index contributed by atoms with van der Waals surface area (Å²) in [5, 5.41) is 6.42. The summed E-state index contributed by atoms with van der Waals surface area (Å²) in [6.07, 6.45) is 1.37. The number of carbonyl (C=O) groups is 1. The Balaban J connectivity index is 2.04. The molecule has 1 N–H and O–H groups in total. The van der Waals surface area contributed by atoms with E-state index in [1.165, 1.54) is 12.3 Å². The van der Waals surface area contributed by atoms with Crippen molar-refractivity contribution >= 4 is 21.8 Å². The van der Waals surface area contributed by atoms with E-state index in [0.29, 0.717) is 0 Å². The number of hydrogen-bond donors (Lipinski definition) is 1. The Bertz CT molecular complexity index is 494. The fraction of sp³-hybridized carbons (Fsp3) is 0.167. The first-order valence-corrected chi connectivity index (χ1v) is 5.93. The first kappa shape index (κ1) is 11.9. The van der Waals surface area contributed by atoms with Crippen molar-refractivity contribution in [2.24, 2.45) is 0 Å². The molecule has 1 atom stereocenters. The summed E-state index contributed by atoms with van der Waals surface area (Å²) < 4.78 is 5.63. The summed E-state index contributed by atoms with van der Waals surface area (Å²) in [6.45, 7) is 1.92. The second-order valence-corrected chi connectivity index (χ2v) is 4.55. The first-order chi connectivity index (χ1) is 8.16. The van der Waals surface area contributed by atoms with Crippen molar-refractivity contribution in [3.8, 4) is 0 Å². The van der Waals surface area contributed by atoms with Crippen LogP contribution in [0.2, 0.25) is 0 Å². The maximum absolute atomic E-state index is 11.7. The van der Waals surface area contributed by atoms with E-state index in [9.17, 15) is 4.79 Å². The zero-order chi connectivity index (χ0) is 12.3. The Labute approximate surface area is 107 Å². The summed E-state index contributed by atoms with van der Waals surface area (Å²) in [4.78, 5) is 11.7. The van der Waals surface area contributed by atoms with Crippen molar-refractivity contribution in [2.45, 2.75) is 13.0 Å². The van der Waals surface area contributed by atoms with E-state index in [1.54, 1.807) is 0 Å². The van der Waals surface area contributed by atoms with Gasteiger partial charge in [-0.3, -0.25) is 4.79 Å². The van der Waals surface area contributed by atoms with E-state index in [4.69, 9.17) is 0 Å². The minimum atomic E-state index is -0.242. The SMILES string of the molecule is CC(NC(=O)c1ccon1)c1ccc(Br)cc1. The van der Waals surface area contributed by atoms with Gasteiger partial charge < -0.3 is 9.84 Å². The summed E-state index contributed by atoms with van der Waals surface area (Å²) >= 11 is 3.37. The normalized spacial score (nSPS) is 12.1. The third-order valence-corrected chi connectivity index (χ3v) is 2.92. The molecule has 0 bridgehead atoms. The lowest BCUT2D eigenvalue weighted by molar-refractivity contribution is 0.0930. The van der Waals surface area contributed by atoms with Crippen LogP contribution in [0.1, 0.15) is 29.0 Å². The van der Waals surface area contributed by atoms with E-state index in [-0.39, 0.29) is 17.6 Å². The molecule has 0 spiro atoms. The predicted octanol–water partition coefficient (Wildman–Crippen LogP) is 2.93. The van der Waals surface area contributed by atoms with E-state index in [2.05, 4.69) is 30.9 Å². The quantitative estimate of drug-likeness (QED) is 0.947. The number of hydrogen-bond acceptors (Lipinski definition) is 3. The minimum Gasteiger partial charge on any atom is -0.364 e. The summed E-state index contributed by atoms with van der Waals surface area (Å²) in [5.74, 6) is -0.242. The second-order valence-electron chi connectivity index (χ2n) is 3.63. The van der Waals surface area contributed by atoms with Gasteiger partial charge in [0.15, 0.2) is 5.69 Å². The van der Waals surface area contributed by atoms with Crippen LogP contribution in [0.25, 0.3) is 0 Å². The van der Waals surface area contributed by atoms with Crippen molar-refractivity contribution < 1.29 is 9.32 Å². The van der Waals surface area contributed by atoms with Crippen molar-refractivity contribution in [1.82, 2.24) is 10.5 Å². The highest BCUT2D eigenvalue weighted by Gasteiger charge is 2.13. The molecular weight excluding hydrogens is 284 g/mol. The molecule has 0 radical (unpaired) electrons. The van der Waals surface area contributed by atoms with Gasteiger partial charge in [0.05, 0.1) is 6.04 Å². The molecule has 4 nitrogen and oxygen atoms in total. The Hall–Kier alpha value is -1.62. The molecule has 1 aromatic heterocycles. The van der Waals surface area contributed by atoms with Gasteiger partial charge in [0, 0.05) is 10.5 Å². The third kappa shape index (κ3) is 2.94. The van der Waals surface area contributed by atoms with Crippen LogP contribution in [0.3, 0.4) is 0 Å². The van der Waals surface area contributed by atoms with Gasteiger partial charge in [-0.15, -0.1) is 0 Å². The van der Waals surface area contributed by atoms with E-state index in [1.807, 2.05) is 31.2 Å². The summed E-state index contributed by atoms with van der Waals surface area (Å²) in [6, 6.07) is 9.24. The number of amides is 1. The average molecular weight is 295 g/mol. The molecular formula is C12H11BrN2O2. The molecule has 5 heteroatoms. The zero-order valence-electron chi connectivity index (χ0n) is 9.18. The minimum absolute atomic E-state index is 0.0766. The van der Waals surface area contributed by atoms with Crippen molar-refractivity contribution in [2.75, 3.05) is 0 Å². The van der Waals surface area contributed by atoms with Crippen molar-refractivity contribution in [1.29, 1.82) is 0 Å². The lowest BCUT2D eigenvalue weighted by Crippen LogP contribution is -2.26. The molecule has 2 aromatic rings. The van der Waals surface area contributed by atoms with Crippen LogP contribution in [-0.4, -0.2) is 11.1 Å². The zero-order valence-corrected chi connectivity index (χ0v) is 10.8. The highest BCUT2D eigenvalue weighted by Crippen LogP contribution is 2.16. The molecule has 0 fully saturated rings. The topological polar surface area (TPSA) is 55.1 Å². The lowest BCUT2D eigenvalue weighted by Gasteiger charge is -2.13. The molecule has 0 aliphatic heterocycles. The van der Waals surface area contributed by atoms with Crippen molar-refractivity contribution in [3.05, 3.63) is 52.3 Å². The van der Waals surface area contributed by atoms with Gasteiger partial charge in [-0.1, -0.05) is 33.2 Å². The van der Waals surface area contributed by atoms with Crippen LogP contribution in [0, 0.1) is 0 Å². The molecule has 17 heavy (non-hydrogen) atoms. The number of nitrogens with zero attached hydrogens (tertiary/aromatic N) is 1. The standard InChI is InChI=1S/C12H11BrN2O2/c1-8(9-2-4-10(13)5-3-9)14-12(16)11-6-7-17-15-11/h2-8H,1H3,(H,14,16). The van der Waals surface area contributed by atoms with Gasteiger partial charge in [-0.2, -0.15) is 0 Å². The number of aromatic nitrogens is 1. The van der Waals surface area contributed by atoms with Gasteiger partial charge in [-0.05, 0) is 24.6 Å². The van der Waals surface area contributed by atoms with Crippen molar-refractivity contribution in [3.63, 3.8) is 0 Å². The number of nitrogens with one attached hydrogen (secondary N) is 1. The van der Waals surface area contributed by atoms with E-state index < -0.39 is 0 Å². The Morgan fingerprint density at radius 2 is 2.06 bits per heavy atom. The number of halogens is 1. The lowest BCUT2D eigenvalue weighted by atomic mass is 10.1. The second kappa shape index (κ2) is 5.14. The number of carbonyl (C=O) groups excluding carboxylic acids is 1. The summed E-state index contributed by atoms with van der Waals surface area (Å²) in [5.41, 5.74) is 1.32. The smallest absolute Gasteiger partial charge is 0.273 e. The third-order valence-electron chi connectivity index (χ3n) is 2.39. The highest BCUT2D eigenvalue weighted by molar-refractivity contribution is 9.10. The molecule has 1 aromatic carbocycles. The van der Waals surface area contributed by atoms with Gasteiger partial charge in [0.25, 0.3) is 5.91 Å². The van der Waals surface area contributed by atoms with Gasteiger partial charge in [0.2, 0.25) is 0 Å². The molecule has 2 rings (SSSR count). The Kier molecular flexibility index (Phi) is 3.58. The Morgan fingerprint density at radius 3 is 2.65 bits per heavy atom. The maximum Gasteiger partial charge on any atom is 0.273 e. The van der Waals surface area contributed by atoms with Gasteiger partial charge in [-0.25, -0.2) is 0 Å². The van der Waals surface area contributed by atoms with Crippen LogP contribution < -0.4 is 5.32 Å². The molecule has 0 saturated carbocycles. The largest absolute Gasteiger partial charge is 0.364 e. The van der Waals surface area contributed by atoms with Crippen LogP contribution in [0.5, 0.6) is 0 Å². The summed E-state index contributed by atoms with van der Waals surface area (Å²) in [7, 11) is 0. The van der Waals surface area contributed by atoms with Crippen LogP contribution >= 0.6 is 15.9 Å². The highest BCUT2D eigenvalue weighted by atomic mass is 79.9. The average Bonchev–Trinajstić information content (AvgIpc) is 2.83. The predicted molar refractivity (Wildman–Crippen MR) is 66.5 cm³/mol. The molecule has 0 aliphatic carbocycles. The fourth-order valence-electron chi connectivity index (χ4n) is 1.44. The monoisotopic (exact) mass is 294 g/mol. The Morgan fingerprint density at radius 1 is 1.35 bits per heavy atom. The molecule has 88 valence electrons. The molecule has 1 amide bonds.